The van der Waals surface area contributed by atoms with Gasteiger partial charge in [-0.15, -0.1) is 0 Å². The molecule has 0 bridgehead atoms. The lowest BCUT2D eigenvalue weighted by molar-refractivity contribution is -0.132. The van der Waals surface area contributed by atoms with E-state index >= 15 is 0 Å². The number of aromatic nitrogens is 2. The van der Waals surface area contributed by atoms with Crippen LogP contribution in [0.25, 0.3) is 0 Å². The van der Waals surface area contributed by atoms with Crippen molar-refractivity contribution in [3.8, 4) is 0 Å². The van der Waals surface area contributed by atoms with E-state index in [0.29, 0.717) is 44.7 Å². The average molecular weight is 466 g/mol. The van der Waals surface area contributed by atoms with E-state index in [-0.39, 0.29) is 24.5 Å². The summed E-state index contributed by atoms with van der Waals surface area (Å²) in [5.41, 5.74) is 6.41. The number of hydrogen-bond acceptors (Lipinski definition) is 5. The number of rotatable bonds is 4. The Bertz CT molecular complexity index is 1080. The molecule has 0 saturated carbocycles. The van der Waals surface area contributed by atoms with Gasteiger partial charge in [0.15, 0.2) is 5.69 Å². The minimum atomic E-state index is -0.319. The highest BCUT2D eigenvalue weighted by atomic mass is 16.3. The van der Waals surface area contributed by atoms with Crippen molar-refractivity contribution < 1.29 is 14.7 Å². The topological polar surface area (TPSA) is 81.9 Å². The number of aliphatic hydroxyl groups is 1. The van der Waals surface area contributed by atoms with Gasteiger partial charge in [-0.25, -0.2) is 0 Å². The predicted molar refractivity (Wildman–Crippen MR) is 130 cm³/mol. The quantitative estimate of drug-likeness (QED) is 0.746. The highest BCUT2D eigenvalue weighted by Gasteiger charge is 2.32. The van der Waals surface area contributed by atoms with Crippen molar-refractivity contribution in [3.63, 3.8) is 0 Å². The Morgan fingerprint density at radius 3 is 2.47 bits per heavy atom. The number of carbonyl (C=O) groups is 2. The van der Waals surface area contributed by atoms with Crippen LogP contribution < -0.4 is 4.90 Å². The van der Waals surface area contributed by atoms with Gasteiger partial charge in [0.25, 0.3) is 5.91 Å². The van der Waals surface area contributed by atoms with Gasteiger partial charge < -0.3 is 19.8 Å². The third kappa shape index (κ3) is 4.31. The van der Waals surface area contributed by atoms with Gasteiger partial charge in [0.1, 0.15) is 6.54 Å². The first kappa shape index (κ1) is 22.9. The average Bonchev–Trinajstić information content (AvgIpc) is 3.45. The van der Waals surface area contributed by atoms with E-state index in [1.807, 2.05) is 4.90 Å². The molecule has 2 aromatic rings. The number of nitrogens with zero attached hydrogens (tertiary/aromatic N) is 5. The number of benzene rings is 1. The summed E-state index contributed by atoms with van der Waals surface area (Å²) in [5.74, 6) is 0.0105. The van der Waals surface area contributed by atoms with Crippen LogP contribution in [0.2, 0.25) is 0 Å². The minimum absolute atomic E-state index is 0.0570. The number of fused-ring (bicyclic) bond motifs is 1. The number of aryl methyl sites for hydroxylation is 1. The van der Waals surface area contributed by atoms with Crippen LogP contribution in [0.1, 0.15) is 52.1 Å². The molecule has 1 aliphatic carbocycles. The Labute approximate surface area is 201 Å². The lowest BCUT2D eigenvalue weighted by Gasteiger charge is -2.37. The van der Waals surface area contributed by atoms with Crippen LogP contribution in [0.3, 0.4) is 0 Å². The van der Waals surface area contributed by atoms with E-state index in [2.05, 4.69) is 42.0 Å². The molecule has 8 heteroatoms. The van der Waals surface area contributed by atoms with Crippen LogP contribution >= 0.6 is 0 Å². The molecule has 2 fully saturated rings. The van der Waals surface area contributed by atoms with Crippen molar-refractivity contribution in [2.45, 2.75) is 58.6 Å². The van der Waals surface area contributed by atoms with Gasteiger partial charge in [-0.1, -0.05) is 12.1 Å². The molecular weight excluding hydrogens is 430 g/mol. The van der Waals surface area contributed by atoms with E-state index in [1.165, 1.54) is 16.8 Å². The van der Waals surface area contributed by atoms with Crippen LogP contribution in [0.15, 0.2) is 18.2 Å². The molecule has 2 saturated heterocycles. The number of hydrogen-bond donors (Lipinski definition) is 1. The zero-order valence-electron chi connectivity index (χ0n) is 20.3. The standard InChI is InChI=1S/C26H35N5O3/c1-18-5-3-7-22(19(18)2)28-13-15-29(16-14-28)24(33)17-31-23-8-4-6-21(23)25(27-31)26(34)30-11-9-20(32)10-12-30/h3,5,7,20,32H,4,6,8-17H2,1-2H3. The summed E-state index contributed by atoms with van der Waals surface area (Å²) < 4.78 is 1.79. The van der Waals surface area contributed by atoms with Gasteiger partial charge in [0, 0.05) is 56.2 Å². The molecule has 8 nitrogen and oxygen atoms in total. The molecule has 0 unspecified atom stereocenters. The van der Waals surface area contributed by atoms with Crippen LogP contribution in [0, 0.1) is 13.8 Å². The molecule has 5 rings (SSSR count). The molecule has 0 spiro atoms. The molecule has 1 N–H and O–H groups in total. The van der Waals surface area contributed by atoms with Crippen molar-refractivity contribution >= 4 is 17.5 Å². The zero-order chi connectivity index (χ0) is 23.8. The SMILES string of the molecule is Cc1cccc(N2CCN(C(=O)Cn3nc(C(=O)N4CCC(O)CC4)c4c3CCC4)CC2)c1C. The Balaban J connectivity index is 1.24. The molecule has 0 radical (unpaired) electrons. The first-order valence-electron chi connectivity index (χ1n) is 12.6. The number of piperazine rings is 1. The summed E-state index contributed by atoms with van der Waals surface area (Å²) in [5, 5.41) is 14.4. The van der Waals surface area contributed by atoms with Gasteiger partial charge in [-0.3, -0.25) is 14.3 Å². The molecule has 3 aliphatic rings. The third-order valence-electron chi connectivity index (χ3n) is 7.80. The molecule has 182 valence electrons. The van der Waals surface area contributed by atoms with Crippen LogP contribution in [-0.2, 0) is 24.2 Å². The van der Waals surface area contributed by atoms with E-state index in [9.17, 15) is 14.7 Å². The molecule has 34 heavy (non-hydrogen) atoms. The maximum absolute atomic E-state index is 13.2. The largest absolute Gasteiger partial charge is 0.393 e. The number of aliphatic hydroxyl groups excluding tert-OH is 1. The monoisotopic (exact) mass is 465 g/mol. The van der Waals surface area contributed by atoms with Gasteiger partial charge >= 0.3 is 0 Å². The van der Waals surface area contributed by atoms with Gasteiger partial charge in [-0.2, -0.15) is 5.10 Å². The second kappa shape index (κ2) is 9.41. The van der Waals surface area contributed by atoms with E-state index < -0.39 is 0 Å². The highest BCUT2D eigenvalue weighted by molar-refractivity contribution is 5.94. The van der Waals surface area contributed by atoms with Crippen molar-refractivity contribution in [3.05, 3.63) is 46.3 Å². The number of anilines is 1. The molecule has 1 aromatic heterocycles. The van der Waals surface area contributed by atoms with Crippen molar-refractivity contribution in [2.24, 2.45) is 0 Å². The number of amides is 2. The first-order valence-corrected chi connectivity index (χ1v) is 12.6. The smallest absolute Gasteiger partial charge is 0.274 e. The predicted octanol–water partition coefficient (Wildman–Crippen LogP) is 1.93. The Kier molecular flexibility index (Phi) is 6.34. The maximum atomic E-state index is 13.2. The summed E-state index contributed by atoms with van der Waals surface area (Å²) in [4.78, 5) is 32.4. The minimum Gasteiger partial charge on any atom is -0.393 e. The summed E-state index contributed by atoms with van der Waals surface area (Å²) in [6.07, 6.45) is 3.61. The summed E-state index contributed by atoms with van der Waals surface area (Å²) in [7, 11) is 0. The second-order valence-corrected chi connectivity index (χ2v) is 9.90. The Morgan fingerprint density at radius 1 is 1.00 bits per heavy atom. The van der Waals surface area contributed by atoms with Crippen molar-refractivity contribution in [2.75, 3.05) is 44.2 Å². The zero-order valence-corrected chi connectivity index (χ0v) is 20.3. The van der Waals surface area contributed by atoms with Gasteiger partial charge in [0.2, 0.25) is 5.91 Å². The van der Waals surface area contributed by atoms with Crippen LogP contribution in [0.4, 0.5) is 5.69 Å². The van der Waals surface area contributed by atoms with Gasteiger partial charge in [0.05, 0.1) is 6.10 Å². The summed E-state index contributed by atoms with van der Waals surface area (Å²) >= 11 is 0. The van der Waals surface area contributed by atoms with E-state index in [1.54, 1.807) is 9.58 Å². The fourth-order valence-electron chi connectivity index (χ4n) is 5.53. The molecule has 2 aliphatic heterocycles. The fraction of sp³-hybridized carbons (Fsp3) is 0.577. The molecular formula is C26H35N5O3. The van der Waals surface area contributed by atoms with Crippen LogP contribution in [-0.4, -0.2) is 81.9 Å². The molecule has 2 amide bonds. The van der Waals surface area contributed by atoms with E-state index in [4.69, 9.17) is 0 Å². The number of likely N-dealkylation sites (tertiary alicyclic amines) is 1. The van der Waals surface area contributed by atoms with Crippen molar-refractivity contribution in [1.29, 1.82) is 0 Å². The van der Waals surface area contributed by atoms with Crippen molar-refractivity contribution in [1.82, 2.24) is 19.6 Å². The van der Waals surface area contributed by atoms with E-state index in [0.717, 1.165) is 43.6 Å². The number of carbonyl (C=O) groups excluding carboxylic acids is 2. The summed E-state index contributed by atoms with van der Waals surface area (Å²) in [6, 6.07) is 6.39. The second-order valence-electron chi connectivity index (χ2n) is 9.90. The summed E-state index contributed by atoms with van der Waals surface area (Å²) in [6.45, 7) is 8.62. The molecule has 3 heterocycles. The first-order chi connectivity index (χ1) is 16.4. The normalized spacial score (nSPS) is 19.0. The Hall–Kier alpha value is -2.87. The molecule has 1 aromatic carbocycles. The number of piperidine rings is 1. The highest BCUT2D eigenvalue weighted by Crippen LogP contribution is 2.28. The molecule has 0 atom stereocenters. The van der Waals surface area contributed by atoms with Crippen LogP contribution in [0.5, 0.6) is 0 Å². The lowest BCUT2D eigenvalue weighted by atomic mass is 10.1. The maximum Gasteiger partial charge on any atom is 0.274 e. The Morgan fingerprint density at radius 2 is 1.74 bits per heavy atom. The lowest BCUT2D eigenvalue weighted by Crippen LogP contribution is -2.50. The van der Waals surface area contributed by atoms with Gasteiger partial charge in [-0.05, 0) is 63.1 Å². The third-order valence-corrected chi connectivity index (χ3v) is 7.80. The fourth-order valence-corrected chi connectivity index (χ4v) is 5.53.